The summed E-state index contributed by atoms with van der Waals surface area (Å²) in [5.74, 6) is -0.767. The molecule has 0 aliphatic heterocycles. The average Bonchev–Trinajstić information content (AvgIpc) is 2.30. The number of hydrogen-bond acceptors (Lipinski definition) is 3. The van der Waals surface area contributed by atoms with Gasteiger partial charge in [-0.15, -0.1) is 0 Å². The van der Waals surface area contributed by atoms with E-state index in [0.29, 0.717) is 10.8 Å². The molecule has 1 aromatic rings. The van der Waals surface area contributed by atoms with Crippen LogP contribution in [0.3, 0.4) is 0 Å². The van der Waals surface area contributed by atoms with Crippen LogP contribution in [-0.2, 0) is 9.59 Å². The van der Waals surface area contributed by atoms with Crippen LogP contribution in [0.4, 0.5) is 0 Å². The van der Waals surface area contributed by atoms with Gasteiger partial charge < -0.3 is 15.2 Å². The zero-order chi connectivity index (χ0) is 16.2. The smallest absolute Gasteiger partial charge is 0.305 e. The van der Waals surface area contributed by atoms with E-state index in [1.165, 1.54) is 0 Å². The number of nitrogens with one attached hydrogen (secondary N) is 1. The molecule has 0 aliphatic rings. The molecule has 21 heavy (non-hydrogen) atoms. The van der Waals surface area contributed by atoms with Gasteiger partial charge in [0.2, 0.25) is 0 Å². The molecule has 0 saturated carbocycles. The summed E-state index contributed by atoms with van der Waals surface area (Å²) in [6.45, 7) is 6.75. The third-order valence-electron chi connectivity index (χ3n) is 2.86. The van der Waals surface area contributed by atoms with Crippen LogP contribution >= 0.6 is 11.6 Å². The van der Waals surface area contributed by atoms with E-state index in [2.05, 4.69) is 5.32 Å². The lowest BCUT2D eigenvalue weighted by molar-refractivity contribution is -0.139. The van der Waals surface area contributed by atoms with Crippen LogP contribution in [-0.4, -0.2) is 28.6 Å². The van der Waals surface area contributed by atoms with Crippen LogP contribution < -0.4 is 10.1 Å². The van der Waals surface area contributed by atoms with Gasteiger partial charge in [-0.3, -0.25) is 9.59 Å². The highest BCUT2D eigenvalue weighted by Crippen LogP contribution is 2.23. The quantitative estimate of drug-likeness (QED) is 0.846. The van der Waals surface area contributed by atoms with E-state index in [1.807, 2.05) is 6.92 Å². The molecule has 0 aliphatic carbocycles. The summed E-state index contributed by atoms with van der Waals surface area (Å²) in [7, 11) is 0. The number of carbonyl (C=O) groups excluding carboxylic acids is 1. The molecule has 1 unspecified atom stereocenters. The number of benzene rings is 1. The van der Waals surface area contributed by atoms with Crippen LogP contribution in [0.2, 0.25) is 5.02 Å². The minimum Gasteiger partial charge on any atom is -0.481 e. The first-order valence-corrected chi connectivity index (χ1v) is 6.95. The Hall–Kier alpha value is -1.75. The molecular weight excluding hydrogens is 294 g/mol. The molecule has 1 amide bonds. The van der Waals surface area contributed by atoms with E-state index in [4.69, 9.17) is 21.4 Å². The molecule has 0 spiro atoms. The zero-order valence-corrected chi connectivity index (χ0v) is 13.3. The fourth-order valence-electron chi connectivity index (χ4n) is 1.85. The van der Waals surface area contributed by atoms with Crippen molar-refractivity contribution < 1.29 is 19.4 Å². The maximum Gasteiger partial charge on any atom is 0.305 e. The first kappa shape index (κ1) is 17.3. The van der Waals surface area contributed by atoms with Gasteiger partial charge in [0.1, 0.15) is 5.75 Å². The second-order valence-corrected chi connectivity index (χ2v) is 6.05. The lowest BCUT2D eigenvalue weighted by Gasteiger charge is -2.26. The molecule has 0 saturated heterocycles. The largest absolute Gasteiger partial charge is 0.481 e. The Morgan fingerprint density at radius 2 is 2.05 bits per heavy atom. The molecule has 0 radical (unpaired) electrons. The van der Waals surface area contributed by atoms with Gasteiger partial charge in [-0.05, 0) is 51.5 Å². The van der Waals surface area contributed by atoms with Gasteiger partial charge in [0.15, 0.2) is 6.10 Å². The topological polar surface area (TPSA) is 75.6 Å². The van der Waals surface area contributed by atoms with E-state index in [9.17, 15) is 9.59 Å². The number of amides is 1. The minimum atomic E-state index is -0.970. The van der Waals surface area contributed by atoms with Crippen molar-refractivity contribution in [2.45, 2.75) is 45.8 Å². The molecule has 0 aromatic heterocycles. The fourth-order valence-corrected chi connectivity index (χ4v) is 2.07. The minimum absolute atomic E-state index is 0.161. The first-order chi connectivity index (χ1) is 9.60. The van der Waals surface area contributed by atoms with E-state index in [1.54, 1.807) is 39.0 Å². The Labute approximate surface area is 129 Å². The summed E-state index contributed by atoms with van der Waals surface area (Å²) < 4.78 is 5.59. The summed E-state index contributed by atoms with van der Waals surface area (Å²) in [5.41, 5.74) is -0.0118. The number of rotatable bonds is 6. The van der Waals surface area contributed by atoms with E-state index in [0.717, 1.165) is 5.56 Å². The molecule has 2 N–H and O–H groups in total. The van der Waals surface area contributed by atoms with Crippen molar-refractivity contribution >= 4 is 23.5 Å². The monoisotopic (exact) mass is 313 g/mol. The average molecular weight is 314 g/mol. The highest BCUT2D eigenvalue weighted by molar-refractivity contribution is 6.30. The van der Waals surface area contributed by atoms with Crippen LogP contribution in [0.1, 0.15) is 32.8 Å². The van der Waals surface area contributed by atoms with Gasteiger partial charge >= 0.3 is 5.97 Å². The van der Waals surface area contributed by atoms with Gasteiger partial charge in [-0.2, -0.15) is 0 Å². The van der Waals surface area contributed by atoms with Crippen LogP contribution in [0.15, 0.2) is 18.2 Å². The number of ether oxygens (including phenoxy) is 1. The molecule has 1 rings (SSSR count). The number of aryl methyl sites for hydroxylation is 1. The third-order valence-corrected chi connectivity index (χ3v) is 3.10. The van der Waals surface area contributed by atoms with Crippen molar-refractivity contribution in [1.29, 1.82) is 0 Å². The van der Waals surface area contributed by atoms with Crippen molar-refractivity contribution in [2.75, 3.05) is 0 Å². The number of halogens is 1. The maximum atomic E-state index is 12.1. The summed E-state index contributed by atoms with van der Waals surface area (Å²) >= 11 is 5.86. The van der Waals surface area contributed by atoms with E-state index >= 15 is 0 Å². The number of aliphatic carboxylic acids is 1. The van der Waals surface area contributed by atoms with Gasteiger partial charge in [0.25, 0.3) is 5.91 Å². The van der Waals surface area contributed by atoms with Crippen molar-refractivity contribution in [3.05, 3.63) is 28.8 Å². The molecular formula is C15H20ClNO4. The number of carbonyl (C=O) groups is 2. The Kier molecular flexibility index (Phi) is 5.61. The molecule has 0 bridgehead atoms. The van der Waals surface area contributed by atoms with Crippen LogP contribution in [0.5, 0.6) is 5.75 Å². The van der Waals surface area contributed by atoms with Gasteiger partial charge in [-0.1, -0.05) is 11.6 Å². The molecule has 1 atom stereocenters. The van der Waals surface area contributed by atoms with Crippen LogP contribution in [0, 0.1) is 6.92 Å². The number of carboxylic acids is 1. The molecule has 0 heterocycles. The fraction of sp³-hybridized carbons (Fsp3) is 0.467. The molecule has 5 nitrogen and oxygen atoms in total. The number of carboxylic acid groups (broad SMARTS) is 1. The Bertz CT molecular complexity index is 542. The molecule has 6 heteroatoms. The second-order valence-electron chi connectivity index (χ2n) is 5.61. The highest BCUT2D eigenvalue weighted by Gasteiger charge is 2.27. The van der Waals surface area contributed by atoms with Crippen molar-refractivity contribution in [3.8, 4) is 5.75 Å². The Morgan fingerprint density at radius 3 is 2.57 bits per heavy atom. The third kappa shape index (κ3) is 5.63. The first-order valence-electron chi connectivity index (χ1n) is 6.57. The highest BCUT2D eigenvalue weighted by atomic mass is 35.5. The van der Waals surface area contributed by atoms with E-state index in [-0.39, 0.29) is 12.3 Å². The summed E-state index contributed by atoms with van der Waals surface area (Å²) in [6, 6.07) is 5.13. The summed E-state index contributed by atoms with van der Waals surface area (Å²) in [6.07, 6.45) is -0.899. The van der Waals surface area contributed by atoms with E-state index < -0.39 is 17.6 Å². The standard InChI is InChI=1S/C15H20ClNO4/c1-9-7-11(16)5-6-12(9)21-10(2)14(20)17-15(3,4)8-13(18)19/h5-7,10H,8H2,1-4H3,(H,17,20)(H,18,19). The SMILES string of the molecule is Cc1cc(Cl)ccc1OC(C)C(=O)NC(C)(C)CC(=O)O. The zero-order valence-electron chi connectivity index (χ0n) is 12.6. The predicted octanol–water partition coefficient (Wildman–Crippen LogP) is 2.79. The molecule has 0 fully saturated rings. The predicted molar refractivity (Wildman–Crippen MR) is 80.8 cm³/mol. The van der Waals surface area contributed by atoms with Gasteiger partial charge in [-0.25, -0.2) is 0 Å². The normalized spacial score (nSPS) is 12.6. The number of hydrogen-bond donors (Lipinski definition) is 2. The Balaban J connectivity index is 2.68. The lowest BCUT2D eigenvalue weighted by Crippen LogP contribution is -2.49. The molecule has 1 aromatic carbocycles. The van der Waals surface area contributed by atoms with Gasteiger partial charge in [0, 0.05) is 10.6 Å². The Morgan fingerprint density at radius 1 is 1.43 bits per heavy atom. The second kappa shape index (κ2) is 6.80. The lowest BCUT2D eigenvalue weighted by atomic mass is 10.0. The summed E-state index contributed by atoms with van der Waals surface area (Å²) in [4.78, 5) is 22.8. The molecule has 116 valence electrons. The summed E-state index contributed by atoms with van der Waals surface area (Å²) in [5, 5.41) is 12.1. The van der Waals surface area contributed by atoms with Crippen molar-refractivity contribution in [3.63, 3.8) is 0 Å². The van der Waals surface area contributed by atoms with Crippen LogP contribution in [0.25, 0.3) is 0 Å². The van der Waals surface area contributed by atoms with Gasteiger partial charge in [0.05, 0.1) is 6.42 Å². The van der Waals surface area contributed by atoms with Crippen molar-refractivity contribution in [2.24, 2.45) is 0 Å². The maximum absolute atomic E-state index is 12.1. The van der Waals surface area contributed by atoms with Crippen molar-refractivity contribution in [1.82, 2.24) is 5.32 Å².